The first-order valence-electron chi connectivity index (χ1n) is 14.9. The molecule has 0 unspecified atom stereocenters. The quantitative estimate of drug-likeness (QED) is 0.140. The summed E-state index contributed by atoms with van der Waals surface area (Å²) in [5.74, 6) is -1.03. The van der Waals surface area contributed by atoms with E-state index < -0.39 is 11.9 Å². The monoisotopic (exact) mass is 620 g/mol. The van der Waals surface area contributed by atoms with E-state index in [2.05, 4.69) is 20.4 Å². The summed E-state index contributed by atoms with van der Waals surface area (Å²) >= 11 is 0. The zero-order valence-electron chi connectivity index (χ0n) is 25.4. The van der Waals surface area contributed by atoms with E-state index in [9.17, 15) is 19.8 Å². The van der Waals surface area contributed by atoms with Crippen LogP contribution in [0.25, 0.3) is 33.4 Å². The number of phenols is 2. The number of fused-ring (bicyclic) bond motifs is 2. The van der Waals surface area contributed by atoms with Crippen LogP contribution in [0.15, 0.2) is 72.8 Å². The number of aryl methyl sites for hydroxylation is 2. The van der Waals surface area contributed by atoms with Gasteiger partial charge in [0.15, 0.2) is 0 Å². The van der Waals surface area contributed by atoms with Crippen LogP contribution in [0.5, 0.6) is 11.5 Å². The van der Waals surface area contributed by atoms with Gasteiger partial charge in [0.2, 0.25) is 0 Å². The van der Waals surface area contributed by atoms with Gasteiger partial charge in [0.25, 0.3) is 0 Å². The van der Waals surface area contributed by atoms with Gasteiger partial charge in [-0.2, -0.15) is 0 Å². The van der Waals surface area contributed by atoms with Gasteiger partial charge in [-0.05, 0) is 86.3 Å². The Balaban J connectivity index is 0.973. The number of nitrogens with zero attached hydrogens (tertiary/aromatic N) is 6. The lowest BCUT2D eigenvalue weighted by Gasteiger charge is -2.12. The standard InChI is InChI=1S/C34H32N6O6/c1-21-15-23(33(43)29(17-21)39-35-25-9-3-4-10-26(25)36-39)19-45-31(41)13-7-8-14-32(42)46-20-24-16-22(2)18-30(34(24)44)40-37-27-11-5-6-12-28(27)38-40/h3-6,9-12,15-18,43-44H,7-8,13-14,19-20H2,1-2H3. The summed E-state index contributed by atoms with van der Waals surface area (Å²) < 4.78 is 10.8. The number of ether oxygens (including phenoxy) is 2. The van der Waals surface area contributed by atoms with Gasteiger partial charge in [0.05, 0.1) is 0 Å². The molecule has 0 amide bonds. The van der Waals surface area contributed by atoms with Crippen LogP contribution in [0.2, 0.25) is 0 Å². The Morgan fingerprint density at radius 1 is 0.609 bits per heavy atom. The van der Waals surface area contributed by atoms with Gasteiger partial charge in [-0.25, -0.2) is 0 Å². The molecule has 12 heteroatoms. The van der Waals surface area contributed by atoms with E-state index in [1.165, 1.54) is 9.59 Å². The summed E-state index contributed by atoms with van der Waals surface area (Å²) in [5, 5.41) is 39.5. The second-order valence-electron chi connectivity index (χ2n) is 11.1. The van der Waals surface area contributed by atoms with Crippen molar-refractivity contribution < 1.29 is 29.3 Å². The third-order valence-corrected chi connectivity index (χ3v) is 7.42. The highest BCUT2D eigenvalue weighted by atomic mass is 16.5. The molecular formula is C34H32N6O6. The number of aromatic nitrogens is 6. The van der Waals surface area contributed by atoms with Crippen LogP contribution in [0.1, 0.15) is 47.9 Å². The van der Waals surface area contributed by atoms with Gasteiger partial charge >= 0.3 is 11.9 Å². The van der Waals surface area contributed by atoms with Gasteiger partial charge in [-0.15, -0.1) is 30.0 Å². The maximum Gasteiger partial charge on any atom is 0.306 e. The molecule has 0 spiro atoms. The minimum Gasteiger partial charge on any atom is -0.505 e. The van der Waals surface area contributed by atoms with Crippen molar-refractivity contribution in [1.29, 1.82) is 0 Å². The van der Waals surface area contributed by atoms with Crippen molar-refractivity contribution in [1.82, 2.24) is 30.0 Å². The predicted molar refractivity (Wildman–Crippen MR) is 169 cm³/mol. The Hall–Kier alpha value is -5.78. The zero-order chi connectivity index (χ0) is 32.2. The van der Waals surface area contributed by atoms with E-state index in [0.717, 1.165) is 11.1 Å². The average molecular weight is 621 g/mol. The van der Waals surface area contributed by atoms with E-state index in [-0.39, 0.29) is 37.6 Å². The first-order valence-corrected chi connectivity index (χ1v) is 14.9. The molecule has 2 N–H and O–H groups in total. The Morgan fingerprint density at radius 3 is 1.30 bits per heavy atom. The molecule has 0 radical (unpaired) electrons. The topological polar surface area (TPSA) is 154 Å². The molecule has 0 saturated carbocycles. The first-order chi connectivity index (χ1) is 22.2. The molecule has 0 aliphatic heterocycles. The van der Waals surface area contributed by atoms with Crippen molar-refractivity contribution >= 4 is 34.0 Å². The molecule has 0 fully saturated rings. The van der Waals surface area contributed by atoms with Crippen LogP contribution < -0.4 is 0 Å². The molecule has 12 nitrogen and oxygen atoms in total. The normalized spacial score (nSPS) is 11.3. The number of carbonyl (C=O) groups is 2. The molecule has 0 aliphatic rings. The molecule has 0 atom stereocenters. The largest absolute Gasteiger partial charge is 0.505 e. The van der Waals surface area contributed by atoms with Crippen LogP contribution >= 0.6 is 0 Å². The minimum absolute atomic E-state index is 0.0671. The van der Waals surface area contributed by atoms with Crippen molar-refractivity contribution in [3.63, 3.8) is 0 Å². The number of unbranched alkanes of at least 4 members (excludes halogenated alkanes) is 1. The summed E-state index contributed by atoms with van der Waals surface area (Å²) in [7, 11) is 0. The Labute approximate surface area is 263 Å². The number of rotatable bonds is 11. The second-order valence-corrected chi connectivity index (χ2v) is 11.1. The summed E-state index contributed by atoms with van der Waals surface area (Å²) in [6.07, 6.45) is 1.04. The fourth-order valence-electron chi connectivity index (χ4n) is 5.13. The van der Waals surface area contributed by atoms with Crippen LogP contribution in [-0.2, 0) is 32.3 Å². The highest BCUT2D eigenvalue weighted by Gasteiger charge is 2.17. The molecule has 2 heterocycles. The van der Waals surface area contributed by atoms with Crippen molar-refractivity contribution in [2.75, 3.05) is 0 Å². The lowest BCUT2D eigenvalue weighted by atomic mass is 10.1. The van der Waals surface area contributed by atoms with Crippen LogP contribution in [0.4, 0.5) is 0 Å². The fourth-order valence-corrected chi connectivity index (χ4v) is 5.13. The van der Waals surface area contributed by atoms with Crippen LogP contribution in [0, 0.1) is 13.8 Å². The second kappa shape index (κ2) is 13.1. The predicted octanol–water partition coefficient (Wildman–Crippen LogP) is 5.53. The summed E-state index contributed by atoms with van der Waals surface area (Å²) in [5.41, 5.74) is 6.13. The smallest absolute Gasteiger partial charge is 0.306 e. The van der Waals surface area contributed by atoms with Gasteiger partial charge < -0.3 is 19.7 Å². The van der Waals surface area contributed by atoms with Crippen molar-refractivity contribution in [3.8, 4) is 22.9 Å². The third-order valence-electron chi connectivity index (χ3n) is 7.42. The Kier molecular flexibility index (Phi) is 8.59. The summed E-state index contributed by atoms with van der Waals surface area (Å²) in [4.78, 5) is 27.6. The zero-order valence-corrected chi connectivity index (χ0v) is 25.4. The fraction of sp³-hybridized carbons (Fsp3) is 0.235. The van der Waals surface area contributed by atoms with Gasteiger partial charge in [0.1, 0.15) is 58.2 Å². The van der Waals surface area contributed by atoms with Crippen LogP contribution in [-0.4, -0.2) is 52.1 Å². The van der Waals surface area contributed by atoms with Crippen molar-refractivity contribution in [3.05, 3.63) is 95.1 Å². The van der Waals surface area contributed by atoms with Crippen LogP contribution in [0.3, 0.4) is 0 Å². The van der Waals surface area contributed by atoms with Crippen molar-refractivity contribution in [2.24, 2.45) is 0 Å². The minimum atomic E-state index is -0.448. The maximum atomic E-state index is 12.4. The Morgan fingerprint density at radius 2 is 0.957 bits per heavy atom. The average Bonchev–Trinajstić information content (AvgIpc) is 3.68. The highest BCUT2D eigenvalue weighted by Crippen LogP contribution is 2.30. The lowest BCUT2D eigenvalue weighted by Crippen LogP contribution is -2.08. The molecule has 6 rings (SSSR count). The van der Waals surface area contributed by atoms with Gasteiger partial charge in [0, 0.05) is 24.0 Å². The lowest BCUT2D eigenvalue weighted by molar-refractivity contribution is -0.147. The van der Waals surface area contributed by atoms with Gasteiger partial charge in [-0.1, -0.05) is 24.3 Å². The molecule has 0 bridgehead atoms. The summed E-state index contributed by atoms with van der Waals surface area (Å²) in [6, 6.07) is 21.8. The van der Waals surface area contributed by atoms with Gasteiger partial charge in [-0.3, -0.25) is 9.59 Å². The van der Waals surface area contributed by atoms with E-state index >= 15 is 0 Å². The molecule has 4 aromatic carbocycles. The molecule has 46 heavy (non-hydrogen) atoms. The molecule has 6 aromatic rings. The van der Waals surface area contributed by atoms with E-state index in [0.29, 0.717) is 57.4 Å². The number of esters is 2. The van der Waals surface area contributed by atoms with E-state index in [1.54, 1.807) is 24.3 Å². The molecule has 0 aliphatic carbocycles. The SMILES string of the molecule is Cc1cc(COC(=O)CCCCC(=O)OCc2cc(C)cc(-n3nc4ccccc4n3)c2O)c(O)c(-n2nc3ccccc3n2)c1. The first kappa shape index (κ1) is 30.3. The Bertz CT molecular complexity index is 1850. The third kappa shape index (κ3) is 6.65. The molecule has 234 valence electrons. The number of benzene rings is 4. The molecule has 0 saturated heterocycles. The number of carbonyl (C=O) groups excluding carboxylic acids is 2. The summed E-state index contributed by atoms with van der Waals surface area (Å²) in [6.45, 7) is 3.50. The van der Waals surface area contributed by atoms with E-state index in [4.69, 9.17) is 9.47 Å². The number of hydrogen-bond donors (Lipinski definition) is 2. The number of phenolic OH excluding ortho intramolecular Hbond substituents is 2. The number of hydrogen-bond acceptors (Lipinski definition) is 10. The molecule has 2 aromatic heterocycles. The number of aromatic hydroxyl groups is 2. The highest BCUT2D eigenvalue weighted by molar-refractivity contribution is 5.75. The maximum absolute atomic E-state index is 12.4. The molecular weight excluding hydrogens is 588 g/mol. The van der Waals surface area contributed by atoms with E-state index in [1.807, 2.05) is 62.4 Å². The van der Waals surface area contributed by atoms with Crippen molar-refractivity contribution in [2.45, 2.75) is 52.7 Å².